The maximum atomic E-state index is 11.8. The average Bonchev–Trinajstić information content (AvgIpc) is 2.38. The van der Waals surface area contributed by atoms with Gasteiger partial charge >= 0.3 is 12.0 Å². The van der Waals surface area contributed by atoms with Crippen LogP contribution in [-0.2, 0) is 20.3 Å². The molecule has 19 heavy (non-hydrogen) atoms. The molecule has 1 aliphatic heterocycles. The molecule has 0 aromatic heterocycles. The Hall–Kier alpha value is -1.15. The summed E-state index contributed by atoms with van der Waals surface area (Å²) < 4.78 is 16.2. The van der Waals surface area contributed by atoms with Gasteiger partial charge in [-0.25, -0.2) is 9.59 Å². The number of nitrogens with one attached hydrogen (secondary N) is 1. The van der Waals surface area contributed by atoms with Crippen molar-refractivity contribution in [2.75, 3.05) is 32.5 Å². The molecular formula is C11H20N2O5S. The molecule has 1 fully saturated rings. The van der Waals surface area contributed by atoms with Crippen molar-refractivity contribution in [2.45, 2.75) is 24.7 Å². The van der Waals surface area contributed by atoms with Crippen LogP contribution in [0.25, 0.3) is 0 Å². The molecule has 7 nitrogen and oxygen atoms in total. The quantitative estimate of drug-likeness (QED) is 0.721. The van der Waals surface area contributed by atoms with E-state index in [0.717, 1.165) is 0 Å². The summed E-state index contributed by atoms with van der Waals surface area (Å²) in [6, 6.07) is -0.302. The lowest BCUT2D eigenvalue weighted by Gasteiger charge is -2.30. The standard InChI is InChI=1S/C11H20N2O5S/c1-8(19(2)17)3-4-12-11(16)13-5-6-18-9(7-13)10(14)15/h8-9H,3-7H2,1-2H3,(H,12,16)(H,14,15). The van der Waals surface area contributed by atoms with E-state index in [0.29, 0.717) is 19.5 Å². The minimum Gasteiger partial charge on any atom is -0.479 e. The summed E-state index contributed by atoms with van der Waals surface area (Å²) in [5.41, 5.74) is 0. The Morgan fingerprint density at radius 3 is 2.84 bits per heavy atom. The van der Waals surface area contributed by atoms with Crippen molar-refractivity contribution in [3.63, 3.8) is 0 Å². The summed E-state index contributed by atoms with van der Waals surface area (Å²) in [5, 5.41) is 11.6. The Morgan fingerprint density at radius 2 is 2.26 bits per heavy atom. The molecule has 3 atom stereocenters. The fourth-order valence-electron chi connectivity index (χ4n) is 1.64. The predicted molar refractivity (Wildman–Crippen MR) is 70.5 cm³/mol. The Balaban J connectivity index is 2.33. The van der Waals surface area contributed by atoms with Crippen molar-refractivity contribution >= 4 is 22.8 Å². The zero-order valence-electron chi connectivity index (χ0n) is 11.1. The normalized spacial score (nSPS) is 22.6. The highest BCUT2D eigenvalue weighted by Gasteiger charge is 2.28. The zero-order valence-corrected chi connectivity index (χ0v) is 11.9. The van der Waals surface area contributed by atoms with Crippen molar-refractivity contribution in [1.29, 1.82) is 0 Å². The number of rotatable bonds is 5. The molecule has 110 valence electrons. The van der Waals surface area contributed by atoms with Crippen LogP contribution in [-0.4, -0.2) is 70.1 Å². The topological polar surface area (TPSA) is 95.9 Å². The van der Waals surface area contributed by atoms with Gasteiger partial charge in [0.2, 0.25) is 0 Å². The maximum absolute atomic E-state index is 11.8. The van der Waals surface area contributed by atoms with Crippen LogP contribution in [0.1, 0.15) is 13.3 Å². The van der Waals surface area contributed by atoms with Crippen LogP contribution in [0.5, 0.6) is 0 Å². The third kappa shape index (κ3) is 5.15. The molecule has 0 aromatic carbocycles. The number of carbonyl (C=O) groups excluding carboxylic acids is 1. The van der Waals surface area contributed by atoms with Crippen LogP contribution in [0.15, 0.2) is 0 Å². The molecule has 1 aliphatic rings. The summed E-state index contributed by atoms with van der Waals surface area (Å²) in [4.78, 5) is 24.0. The number of ether oxygens (including phenoxy) is 1. The van der Waals surface area contributed by atoms with Crippen molar-refractivity contribution in [1.82, 2.24) is 10.2 Å². The highest BCUT2D eigenvalue weighted by atomic mass is 32.2. The van der Waals surface area contributed by atoms with Gasteiger partial charge in [0.1, 0.15) is 0 Å². The highest BCUT2D eigenvalue weighted by Crippen LogP contribution is 2.06. The number of aliphatic carboxylic acids is 1. The van der Waals surface area contributed by atoms with E-state index in [-0.39, 0.29) is 24.4 Å². The Bertz CT molecular complexity index is 363. The first-order chi connectivity index (χ1) is 8.91. The van der Waals surface area contributed by atoms with Crippen LogP contribution in [0.4, 0.5) is 4.79 Å². The summed E-state index contributed by atoms with van der Waals surface area (Å²) in [5.74, 6) is -1.06. The molecule has 1 rings (SSSR count). The van der Waals surface area contributed by atoms with Crippen LogP contribution < -0.4 is 5.32 Å². The fraction of sp³-hybridized carbons (Fsp3) is 0.818. The number of morpholine rings is 1. The Kier molecular flexibility index (Phi) is 6.23. The van der Waals surface area contributed by atoms with Crippen molar-refractivity contribution < 1.29 is 23.6 Å². The molecule has 0 radical (unpaired) electrons. The molecule has 2 N–H and O–H groups in total. The molecule has 0 spiro atoms. The fourth-order valence-corrected chi connectivity index (χ4v) is 2.09. The lowest BCUT2D eigenvalue weighted by molar-refractivity contribution is -0.154. The summed E-state index contributed by atoms with van der Waals surface area (Å²) >= 11 is 0. The maximum Gasteiger partial charge on any atom is 0.334 e. The third-order valence-corrected chi connectivity index (χ3v) is 4.39. The van der Waals surface area contributed by atoms with Gasteiger partial charge in [0, 0.05) is 35.4 Å². The SMILES string of the molecule is CC(CCNC(=O)N1CCOC(C(=O)O)C1)S(C)=O. The second-order valence-electron chi connectivity index (χ2n) is 4.47. The lowest BCUT2D eigenvalue weighted by atomic mass is 10.3. The highest BCUT2D eigenvalue weighted by molar-refractivity contribution is 7.84. The van der Waals surface area contributed by atoms with Gasteiger partial charge in [0.25, 0.3) is 0 Å². The molecule has 0 saturated carbocycles. The molecule has 1 heterocycles. The minimum absolute atomic E-state index is 0.0248. The molecule has 2 amide bonds. The van der Waals surface area contributed by atoms with E-state index < -0.39 is 22.9 Å². The number of hydrogen-bond acceptors (Lipinski definition) is 4. The van der Waals surface area contributed by atoms with Gasteiger partial charge in [0.15, 0.2) is 6.10 Å². The monoisotopic (exact) mass is 292 g/mol. The van der Waals surface area contributed by atoms with E-state index in [1.54, 1.807) is 6.26 Å². The second kappa shape index (κ2) is 7.44. The second-order valence-corrected chi connectivity index (χ2v) is 6.28. The van der Waals surface area contributed by atoms with Gasteiger partial charge in [-0.15, -0.1) is 0 Å². The Labute approximate surface area is 114 Å². The van der Waals surface area contributed by atoms with E-state index in [4.69, 9.17) is 9.84 Å². The smallest absolute Gasteiger partial charge is 0.334 e. The first-order valence-electron chi connectivity index (χ1n) is 6.11. The largest absolute Gasteiger partial charge is 0.479 e. The van der Waals surface area contributed by atoms with Gasteiger partial charge in [-0.05, 0) is 6.42 Å². The molecule has 0 bridgehead atoms. The van der Waals surface area contributed by atoms with E-state index in [1.165, 1.54) is 4.90 Å². The third-order valence-electron chi connectivity index (χ3n) is 3.02. The molecular weight excluding hydrogens is 272 g/mol. The first kappa shape index (κ1) is 15.9. The number of carbonyl (C=O) groups is 2. The number of hydrogen-bond donors (Lipinski definition) is 2. The minimum atomic E-state index is -1.06. The van der Waals surface area contributed by atoms with Crippen LogP contribution in [0.2, 0.25) is 0 Å². The van der Waals surface area contributed by atoms with E-state index in [2.05, 4.69) is 5.32 Å². The number of carboxylic acids is 1. The first-order valence-corrected chi connectivity index (χ1v) is 7.73. The van der Waals surface area contributed by atoms with Gasteiger partial charge in [0.05, 0.1) is 13.2 Å². The molecule has 3 unspecified atom stereocenters. The van der Waals surface area contributed by atoms with Gasteiger partial charge in [-0.3, -0.25) is 4.21 Å². The summed E-state index contributed by atoms with van der Waals surface area (Å²) in [6.07, 6.45) is 1.30. The molecule has 1 saturated heterocycles. The summed E-state index contributed by atoms with van der Waals surface area (Å²) in [7, 11) is -0.904. The Morgan fingerprint density at radius 1 is 1.58 bits per heavy atom. The van der Waals surface area contributed by atoms with E-state index in [9.17, 15) is 13.8 Å². The van der Waals surface area contributed by atoms with Crippen molar-refractivity contribution in [3.05, 3.63) is 0 Å². The lowest BCUT2D eigenvalue weighted by Crippen LogP contribution is -2.52. The van der Waals surface area contributed by atoms with Gasteiger partial charge in [-0.2, -0.15) is 0 Å². The molecule has 0 aromatic rings. The van der Waals surface area contributed by atoms with Crippen molar-refractivity contribution in [2.24, 2.45) is 0 Å². The summed E-state index contributed by atoms with van der Waals surface area (Å²) in [6.45, 7) is 2.94. The molecule has 8 heteroatoms. The number of carboxylic acid groups (broad SMARTS) is 1. The van der Waals surface area contributed by atoms with Gasteiger partial charge < -0.3 is 20.1 Å². The molecule has 0 aliphatic carbocycles. The van der Waals surface area contributed by atoms with Crippen molar-refractivity contribution in [3.8, 4) is 0 Å². The average molecular weight is 292 g/mol. The predicted octanol–water partition coefficient (Wildman–Crippen LogP) is -0.361. The van der Waals surface area contributed by atoms with Crippen LogP contribution >= 0.6 is 0 Å². The number of urea groups is 1. The van der Waals surface area contributed by atoms with E-state index >= 15 is 0 Å². The van der Waals surface area contributed by atoms with Crippen LogP contribution in [0, 0.1) is 0 Å². The van der Waals surface area contributed by atoms with Crippen LogP contribution in [0.3, 0.4) is 0 Å². The number of amides is 2. The van der Waals surface area contributed by atoms with Gasteiger partial charge in [-0.1, -0.05) is 6.92 Å². The number of nitrogens with zero attached hydrogens (tertiary/aromatic N) is 1. The zero-order chi connectivity index (χ0) is 14.4. The van der Waals surface area contributed by atoms with E-state index in [1.807, 2.05) is 6.92 Å².